The summed E-state index contributed by atoms with van der Waals surface area (Å²) < 4.78 is 11.1. The highest BCUT2D eigenvalue weighted by atomic mass is 32.1. The van der Waals surface area contributed by atoms with Crippen molar-refractivity contribution in [1.29, 1.82) is 0 Å². The zero-order chi connectivity index (χ0) is 11.9. The topological polar surface area (TPSA) is 34.7 Å². The van der Waals surface area contributed by atoms with Gasteiger partial charge in [0.2, 0.25) is 0 Å². The molecule has 0 spiro atoms. The lowest BCUT2D eigenvalue weighted by atomic mass is 9.96. The molecule has 0 N–H and O–H groups in total. The fourth-order valence-electron chi connectivity index (χ4n) is 2.65. The molecular formula is C14H13NO2S. The van der Waals surface area contributed by atoms with Crippen molar-refractivity contribution in [3.63, 3.8) is 0 Å². The molecule has 92 valence electrons. The van der Waals surface area contributed by atoms with Gasteiger partial charge in [0, 0.05) is 10.4 Å². The van der Waals surface area contributed by atoms with Gasteiger partial charge in [0.1, 0.15) is 11.6 Å². The number of thiophene rings is 1. The van der Waals surface area contributed by atoms with Gasteiger partial charge in [-0.25, -0.2) is 0 Å². The number of furan rings is 1. The molecule has 18 heavy (non-hydrogen) atoms. The van der Waals surface area contributed by atoms with Crippen molar-refractivity contribution >= 4 is 22.2 Å². The van der Waals surface area contributed by atoms with Crippen molar-refractivity contribution in [3.05, 3.63) is 40.2 Å². The summed E-state index contributed by atoms with van der Waals surface area (Å²) in [5.41, 5.74) is 2.81. The summed E-state index contributed by atoms with van der Waals surface area (Å²) in [6, 6.07) is 3.74. The smallest absolute Gasteiger partial charge is 0.259 e. The standard InChI is InChI=1S/C14H13NO2S/c1-2-6-12-9(4-1)10-8-17-13(15-14(10)18-12)11-5-3-7-16-11/h3,5,7H,1-2,4,6,8H2. The summed E-state index contributed by atoms with van der Waals surface area (Å²) in [5.74, 6) is 1.33. The summed E-state index contributed by atoms with van der Waals surface area (Å²) in [4.78, 5) is 6.13. The van der Waals surface area contributed by atoms with E-state index in [4.69, 9.17) is 9.15 Å². The fourth-order valence-corrected chi connectivity index (χ4v) is 3.91. The molecule has 0 atom stereocenters. The molecule has 1 aliphatic carbocycles. The van der Waals surface area contributed by atoms with Crippen LogP contribution in [0.3, 0.4) is 0 Å². The molecule has 2 aromatic heterocycles. The van der Waals surface area contributed by atoms with Gasteiger partial charge in [-0.1, -0.05) is 0 Å². The van der Waals surface area contributed by atoms with Gasteiger partial charge >= 0.3 is 0 Å². The predicted octanol–water partition coefficient (Wildman–Crippen LogP) is 3.83. The van der Waals surface area contributed by atoms with Gasteiger partial charge in [0.25, 0.3) is 5.90 Å². The summed E-state index contributed by atoms with van der Waals surface area (Å²) in [6.45, 7) is 0.640. The normalized spacial score (nSPS) is 17.7. The summed E-state index contributed by atoms with van der Waals surface area (Å²) in [6.07, 6.45) is 6.65. The predicted molar refractivity (Wildman–Crippen MR) is 70.7 cm³/mol. The van der Waals surface area contributed by atoms with Crippen molar-refractivity contribution in [3.8, 4) is 0 Å². The van der Waals surface area contributed by atoms with E-state index in [1.165, 1.54) is 41.7 Å². The number of nitrogens with zero attached hydrogens (tertiary/aromatic N) is 1. The lowest BCUT2D eigenvalue weighted by Gasteiger charge is -2.15. The van der Waals surface area contributed by atoms with Crippen molar-refractivity contribution in [2.45, 2.75) is 32.3 Å². The highest BCUT2D eigenvalue weighted by molar-refractivity contribution is 7.16. The highest BCUT2D eigenvalue weighted by Crippen LogP contribution is 2.42. The van der Waals surface area contributed by atoms with Crippen LogP contribution in [0.15, 0.2) is 27.8 Å². The monoisotopic (exact) mass is 259 g/mol. The summed E-state index contributed by atoms with van der Waals surface area (Å²) in [7, 11) is 0. The van der Waals surface area contributed by atoms with Gasteiger partial charge in [-0.05, 0) is 43.4 Å². The van der Waals surface area contributed by atoms with E-state index in [-0.39, 0.29) is 0 Å². The molecule has 2 aromatic rings. The second kappa shape index (κ2) is 3.99. The Morgan fingerprint density at radius 3 is 3.00 bits per heavy atom. The van der Waals surface area contributed by atoms with Crippen LogP contribution in [0.25, 0.3) is 0 Å². The van der Waals surface area contributed by atoms with E-state index in [2.05, 4.69) is 4.99 Å². The molecule has 3 heterocycles. The van der Waals surface area contributed by atoms with E-state index in [0.29, 0.717) is 18.3 Å². The first-order valence-electron chi connectivity index (χ1n) is 6.30. The molecule has 0 fully saturated rings. The lowest BCUT2D eigenvalue weighted by Crippen LogP contribution is -2.11. The maximum atomic E-state index is 5.74. The highest BCUT2D eigenvalue weighted by Gasteiger charge is 2.25. The maximum absolute atomic E-state index is 5.74. The second-order valence-corrected chi connectivity index (χ2v) is 5.76. The molecule has 4 heteroatoms. The number of fused-ring (bicyclic) bond motifs is 3. The van der Waals surface area contributed by atoms with Crippen LogP contribution in [0, 0.1) is 0 Å². The molecule has 0 bridgehead atoms. The van der Waals surface area contributed by atoms with Crippen molar-refractivity contribution in [2.75, 3.05) is 0 Å². The van der Waals surface area contributed by atoms with Crippen LogP contribution in [-0.2, 0) is 24.2 Å². The first-order chi connectivity index (χ1) is 8.92. The minimum Gasteiger partial charge on any atom is -0.470 e. The summed E-state index contributed by atoms with van der Waals surface area (Å²) in [5, 5.41) is 1.12. The van der Waals surface area contributed by atoms with Gasteiger partial charge in [0.15, 0.2) is 5.76 Å². The van der Waals surface area contributed by atoms with E-state index in [0.717, 1.165) is 5.00 Å². The third-order valence-corrected chi connectivity index (χ3v) is 4.78. The van der Waals surface area contributed by atoms with E-state index in [1.807, 2.05) is 23.5 Å². The third-order valence-electron chi connectivity index (χ3n) is 3.55. The zero-order valence-corrected chi connectivity index (χ0v) is 10.8. The molecule has 0 aromatic carbocycles. The molecule has 3 nitrogen and oxygen atoms in total. The van der Waals surface area contributed by atoms with Crippen LogP contribution in [0.4, 0.5) is 5.00 Å². The number of rotatable bonds is 1. The van der Waals surface area contributed by atoms with Gasteiger partial charge in [-0.2, -0.15) is 4.99 Å². The molecule has 0 unspecified atom stereocenters. The lowest BCUT2D eigenvalue weighted by molar-refractivity contribution is 0.280. The van der Waals surface area contributed by atoms with E-state index < -0.39 is 0 Å². The number of ether oxygens (including phenoxy) is 1. The third kappa shape index (κ3) is 1.52. The Bertz CT molecular complexity index is 610. The minimum absolute atomic E-state index is 0.617. The Morgan fingerprint density at radius 2 is 2.11 bits per heavy atom. The Kier molecular flexibility index (Phi) is 2.30. The van der Waals surface area contributed by atoms with Gasteiger partial charge in [-0.15, -0.1) is 11.3 Å². The Hall–Kier alpha value is -1.55. The maximum Gasteiger partial charge on any atom is 0.259 e. The first-order valence-corrected chi connectivity index (χ1v) is 7.12. The SMILES string of the molecule is c1coc(C2=Nc3sc4c(c3CO2)CCCC4)c1. The van der Waals surface area contributed by atoms with Crippen LogP contribution < -0.4 is 0 Å². The van der Waals surface area contributed by atoms with Gasteiger partial charge < -0.3 is 9.15 Å². The average Bonchev–Trinajstić information content (AvgIpc) is 3.05. The number of aliphatic imine (C=N–C) groups is 1. The van der Waals surface area contributed by atoms with Crippen LogP contribution in [-0.4, -0.2) is 5.90 Å². The number of aryl methyl sites for hydroxylation is 1. The van der Waals surface area contributed by atoms with Crippen molar-refractivity contribution in [1.82, 2.24) is 0 Å². The molecule has 0 radical (unpaired) electrons. The first kappa shape index (κ1) is 10.4. The second-order valence-electron chi connectivity index (χ2n) is 4.68. The molecule has 0 saturated carbocycles. The molecule has 0 amide bonds. The van der Waals surface area contributed by atoms with Crippen molar-refractivity contribution in [2.24, 2.45) is 4.99 Å². The van der Waals surface area contributed by atoms with Gasteiger partial charge in [-0.3, -0.25) is 0 Å². The molecule has 1 aliphatic heterocycles. The Labute approximate surface area is 109 Å². The fraction of sp³-hybridized carbons (Fsp3) is 0.357. The van der Waals surface area contributed by atoms with Crippen LogP contribution in [0.5, 0.6) is 0 Å². The minimum atomic E-state index is 0.617. The molecule has 2 aliphatic rings. The Balaban J connectivity index is 1.79. The van der Waals surface area contributed by atoms with Crippen LogP contribution in [0.2, 0.25) is 0 Å². The Morgan fingerprint density at radius 1 is 1.17 bits per heavy atom. The molecule has 4 rings (SSSR count). The molecular weight excluding hydrogens is 246 g/mol. The zero-order valence-electron chi connectivity index (χ0n) is 9.94. The van der Waals surface area contributed by atoms with Crippen LogP contribution in [0.1, 0.15) is 34.6 Å². The van der Waals surface area contributed by atoms with E-state index >= 15 is 0 Å². The van der Waals surface area contributed by atoms with E-state index in [1.54, 1.807) is 6.26 Å². The largest absolute Gasteiger partial charge is 0.470 e. The average molecular weight is 259 g/mol. The van der Waals surface area contributed by atoms with Crippen LogP contribution >= 0.6 is 11.3 Å². The van der Waals surface area contributed by atoms with E-state index in [9.17, 15) is 0 Å². The summed E-state index contributed by atoms with van der Waals surface area (Å²) >= 11 is 1.83. The number of hydrogen-bond acceptors (Lipinski definition) is 4. The molecule has 0 saturated heterocycles. The quantitative estimate of drug-likeness (QED) is 0.780. The van der Waals surface area contributed by atoms with Gasteiger partial charge in [0.05, 0.1) is 6.26 Å². The van der Waals surface area contributed by atoms with Crippen molar-refractivity contribution < 1.29 is 9.15 Å². The number of hydrogen-bond donors (Lipinski definition) is 0.